The Bertz CT molecular complexity index is 895. The Morgan fingerprint density at radius 1 is 0.964 bits per heavy atom. The van der Waals surface area contributed by atoms with Gasteiger partial charge in [0.15, 0.2) is 0 Å². The van der Waals surface area contributed by atoms with E-state index >= 15 is 0 Å². The van der Waals surface area contributed by atoms with E-state index in [1.165, 1.54) is 12.1 Å². The van der Waals surface area contributed by atoms with Crippen molar-refractivity contribution < 1.29 is 13.2 Å². The highest BCUT2D eigenvalue weighted by atomic mass is 32.2. The molecule has 1 amide bonds. The van der Waals surface area contributed by atoms with Crippen molar-refractivity contribution in [3.8, 4) is 0 Å². The van der Waals surface area contributed by atoms with E-state index in [0.29, 0.717) is 0 Å². The number of amides is 1. The molecular formula is C20H26N4O3S. The first-order valence-corrected chi connectivity index (χ1v) is 10.8. The Labute approximate surface area is 166 Å². The summed E-state index contributed by atoms with van der Waals surface area (Å²) in [5, 5.41) is 2.92. The normalized spacial score (nSPS) is 15.4. The second-order valence-electron chi connectivity index (χ2n) is 6.82. The molecule has 1 heterocycles. The van der Waals surface area contributed by atoms with Crippen molar-refractivity contribution in [2.75, 3.05) is 50.0 Å². The van der Waals surface area contributed by atoms with Crippen LogP contribution in [-0.4, -0.2) is 59.0 Å². The predicted molar refractivity (Wildman–Crippen MR) is 111 cm³/mol. The lowest BCUT2D eigenvalue weighted by Crippen LogP contribution is -2.44. The first kappa shape index (κ1) is 20.3. The summed E-state index contributed by atoms with van der Waals surface area (Å²) in [6, 6.07) is 15.8. The molecule has 0 radical (unpaired) electrons. The molecule has 0 atom stereocenters. The molecule has 150 valence electrons. The fourth-order valence-electron chi connectivity index (χ4n) is 3.10. The van der Waals surface area contributed by atoms with Gasteiger partial charge in [0.05, 0.1) is 16.3 Å². The Balaban J connectivity index is 1.56. The molecule has 0 unspecified atom stereocenters. The third-order valence-electron chi connectivity index (χ3n) is 4.72. The number of para-hydroxylation sites is 2. The Hall–Kier alpha value is -2.42. The van der Waals surface area contributed by atoms with Gasteiger partial charge in [0.2, 0.25) is 15.9 Å². The first-order chi connectivity index (χ1) is 13.5. The smallest absolute Gasteiger partial charge is 0.240 e. The maximum atomic E-state index is 12.3. The van der Waals surface area contributed by atoms with Gasteiger partial charge in [-0.1, -0.05) is 30.3 Å². The number of nitrogens with one attached hydrogen (secondary N) is 2. The summed E-state index contributed by atoms with van der Waals surface area (Å²) in [6.07, 6.45) is 0.0587. The number of benzene rings is 2. The summed E-state index contributed by atoms with van der Waals surface area (Å²) >= 11 is 0. The lowest BCUT2D eigenvalue weighted by Gasteiger charge is -2.35. The van der Waals surface area contributed by atoms with Gasteiger partial charge >= 0.3 is 0 Å². The highest BCUT2D eigenvalue weighted by Gasteiger charge is 2.18. The minimum absolute atomic E-state index is 0.0414. The van der Waals surface area contributed by atoms with E-state index in [2.05, 4.69) is 26.9 Å². The van der Waals surface area contributed by atoms with E-state index in [0.717, 1.165) is 37.6 Å². The maximum Gasteiger partial charge on any atom is 0.240 e. The van der Waals surface area contributed by atoms with Gasteiger partial charge in [-0.25, -0.2) is 13.1 Å². The Kier molecular flexibility index (Phi) is 6.66. The average Bonchev–Trinajstić information content (AvgIpc) is 2.70. The molecule has 1 aliphatic rings. The highest BCUT2D eigenvalue weighted by Crippen LogP contribution is 2.26. The number of carbonyl (C=O) groups is 1. The summed E-state index contributed by atoms with van der Waals surface area (Å²) < 4.78 is 26.9. The van der Waals surface area contributed by atoms with Crippen LogP contribution in [-0.2, 0) is 14.8 Å². The van der Waals surface area contributed by atoms with Gasteiger partial charge in [-0.2, -0.15) is 0 Å². The standard InChI is InChI=1S/C20H26N4O3S/c1-23-13-15-24(16-14-23)19-10-6-5-9-18(19)22-20(25)11-12-21-28(26,27)17-7-3-2-4-8-17/h2-10,21H,11-16H2,1H3,(H,22,25). The zero-order valence-corrected chi connectivity index (χ0v) is 16.8. The molecule has 0 saturated carbocycles. The number of hydrogen-bond donors (Lipinski definition) is 2. The maximum absolute atomic E-state index is 12.3. The first-order valence-electron chi connectivity index (χ1n) is 9.33. The number of carbonyl (C=O) groups excluding carboxylic acids is 1. The quantitative estimate of drug-likeness (QED) is 0.737. The molecule has 0 spiro atoms. The number of nitrogens with zero attached hydrogens (tertiary/aromatic N) is 2. The summed E-state index contributed by atoms with van der Waals surface area (Å²) in [4.78, 5) is 17.1. The fourth-order valence-corrected chi connectivity index (χ4v) is 4.15. The fraction of sp³-hybridized carbons (Fsp3) is 0.350. The average molecular weight is 403 g/mol. The number of anilines is 2. The second kappa shape index (κ2) is 9.18. The zero-order valence-electron chi connectivity index (χ0n) is 16.0. The van der Waals surface area contributed by atoms with E-state index in [1.54, 1.807) is 18.2 Å². The SMILES string of the molecule is CN1CCN(c2ccccc2NC(=O)CCNS(=O)(=O)c2ccccc2)CC1. The van der Waals surface area contributed by atoms with Crippen LogP contribution in [0.2, 0.25) is 0 Å². The molecule has 7 nitrogen and oxygen atoms in total. The molecule has 0 aliphatic carbocycles. The molecule has 28 heavy (non-hydrogen) atoms. The van der Waals surface area contributed by atoms with Crippen molar-refractivity contribution in [3.63, 3.8) is 0 Å². The summed E-state index contributed by atoms with van der Waals surface area (Å²) in [5.74, 6) is -0.225. The lowest BCUT2D eigenvalue weighted by atomic mass is 10.2. The van der Waals surface area contributed by atoms with Crippen molar-refractivity contribution in [2.24, 2.45) is 0 Å². The monoisotopic (exact) mass is 402 g/mol. The molecule has 2 aromatic carbocycles. The molecular weight excluding hydrogens is 376 g/mol. The molecule has 1 fully saturated rings. The molecule has 2 N–H and O–H groups in total. The van der Waals surface area contributed by atoms with E-state index < -0.39 is 10.0 Å². The van der Waals surface area contributed by atoms with Crippen LogP contribution in [0.15, 0.2) is 59.5 Å². The van der Waals surface area contributed by atoms with Gasteiger partial charge in [0.1, 0.15) is 0 Å². The van der Waals surface area contributed by atoms with Gasteiger partial charge in [0.25, 0.3) is 0 Å². The summed E-state index contributed by atoms with van der Waals surface area (Å²) in [5.41, 5.74) is 1.75. The number of likely N-dealkylation sites (N-methyl/N-ethyl adjacent to an activating group) is 1. The van der Waals surface area contributed by atoms with Gasteiger partial charge in [0, 0.05) is 39.1 Å². The lowest BCUT2D eigenvalue weighted by molar-refractivity contribution is -0.116. The molecule has 8 heteroatoms. The number of hydrogen-bond acceptors (Lipinski definition) is 5. The molecule has 0 bridgehead atoms. The van der Waals surface area contributed by atoms with E-state index in [4.69, 9.17) is 0 Å². The van der Waals surface area contributed by atoms with Crippen molar-refractivity contribution in [3.05, 3.63) is 54.6 Å². The Morgan fingerprint density at radius 3 is 2.32 bits per heavy atom. The van der Waals surface area contributed by atoms with Gasteiger partial charge < -0.3 is 15.1 Å². The summed E-state index contributed by atoms with van der Waals surface area (Å²) in [7, 11) is -1.50. The zero-order chi connectivity index (χ0) is 20.0. The molecule has 1 saturated heterocycles. The van der Waals surface area contributed by atoms with Crippen LogP contribution in [0.25, 0.3) is 0 Å². The van der Waals surface area contributed by atoms with Crippen LogP contribution in [0.1, 0.15) is 6.42 Å². The predicted octanol–water partition coefficient (Wildman–Crippen LogP) is 1.75. The van der Waals surface area contributed by atoms with Gasteiger partial charge in [-0.05, 0) is 31.3 Å². The third-order valence-corrected chi connectivity index (χ3v) is 6.20. The molecule has 3 rings (SSSR count). The van der Waals surface area contributed by atoms with Crippen molar-refractivity contribution in [1.82, 2.24) is 9.62 Å². The van der Waals surface area contributed by atoms with Crippen LogP contribution < -0.4 is 14.9 Å². The van der Waals surface area contributed by atoms with Crippen LogP contribution in [0, 0.1) is 0 Å². The Morgan fingerprint density at radius 2 is 1.61 bits per heavy atom. The van der Waals surface area contributed by atoms with Gasteiger partial charge in [-0.3, -0.25) is 4.79 Å². The minimum Gasteiger partial charge on any atom is -0.367 e. The third kappa shape index (κ3) is 5.31. The molecule has 2 aromatic rings. The second-order valence-corrected chi connectivity index (χ2v) is 8.58. The topological polar surface area (TPSA) is 81.8 Å². The van der Waals surface area contributed by atoms with Crippen LogP contribution in [0.5, 0.6) is 0 Å². The largest absolute Gasteiger partial charge is 0.367 e. The summed E-state index contributed by atoms with van der Waals surface area (Å²) in [6.45, 7) is 3.80. The van der Waals surface area contributed by atoms with Crippen LogP contribution in [0.4, 0.5) is 11.4 Å². The highest BCUT2D eigenvalue weighted by molar-refractivity contribution is 7.89. The molecule has 1 aliphatic heterocycles. The number of piperazine rings is 1. The van der Waals surface area contributed by atoms with E-state index in [-0.39, 0.29) is 23.8 Å². The van der Waals surface area contributed by atoms with Gasteiger partial charge in [-0.15, -0.1) is 0 Å². The van der Waals surface area contributed by atoms with Crippen molar-refractivity contribution in [1.29, 1.82) is 0 Å². The molecule has 0 aromatic heterocycles. The van der Waals surface area contributed by atoms with Crippen LogP contribution in [0.3, 0.4) is 0 Å². The minimum atomic E-state index is -3.60. The van der Waals surface area contributed by atoms with Crippen molar-refractivity contribution >= 4 is 27.3 Å². The van der Waals surface area contributed by atoms with Crippen molar-refractivity contribution in [2.45, 2.75) is 11.3 Å². The van der Waals surface area contributed by atoms with E-state index in [9.17, 15) is 13.2 Å². The number of sulfonamides is 1. The van der Waals surface area contributed by atoms with E-state index in [1.807, 2.05) is 24.3 Å². The number of rotatable bonds is 7. The van der Waals surface area contributed by atoms with Crippen LogP contribution >= 0.6 is 0 Å².